The van der Waals surface area contributed by atoms with E-state index in [4.69, 9.17) is 5.11 Å². The fraction of sp³-hybridized carbons (Fsp3) is 0.353. The molecular weight excluding hydrogens is 267 g/mol. The van der Waals surface area contributed by atoms with E-state index in [1.54, 1.807) is 24.5 Å². The summed E-state index contributed by atoms with van der Waals surface area (Å²) in [6.07, 6.45) is 3.39. The fourth-order valence-electron chi connectivity index (χ4n) is 2.04. The van der Waals surface area contributed by atoms with E-state index < -0.39 is 0 Å². The summed E-state index contributed by atoms with van der Waals surface area (Å²) in [6, 6.07) is 9.11. The van der Waals surface area contributed by atoms with Gasteiger partial charge in [0.1, 0.15) is 5.82 Å². The van der Waals surface area contributed by atoms with Crippen molar-refractivity contribution in [2.75, 3.05) is 6.61 Å². The highest BCUT2D eigenvalue weighted by molar-refractivity contribution is 5.63. The second kappa shape index (κ2) is 7.29. The SMILES string of the molecule is CC(CO)C(C)NCc1ccc(-c2ccncc2)cc1F. The number of benzene rings is 1. The number of aliphatic hydroxyl groups is 1. The maximum atomic E-state index is 14.2. The summed E-state index contributed by atoms with van der Waals surface area (Å²) in [7, 11) is 0. The van der Waals surface area contributed by atoms with Crippen molar-refractivity contribution in [3.05, 3.63) is 54.1 Å². The van der Waals surface area contributed by atoms with Crippen molar-refractivity contribution >= 4 is 0 Å². The van der Waals surface area contributed by atoms with Gasteiger partial charge in [0.2, 0.25) is 0 Å². The third kappa shape index (κ3) is 4.09. The predicted molar refractivity (Wildman–Crippen MR) is 82.2 cm³/mol. The van der Waals surface area contributed by atoms with Crippen LogP contribution in [0.2, 0.25) is 0 Å². The van der Waals surface area contributed by atoms with Gasteiger partial charge in [0.05, 0.1) is 0 Å². The molecule has 1 aromatic heterocycles. The lowest BCUT2D eigenvalue weighted by molar-refractivity contribution is 0.207. The first-order chi connectivity index (χ1) is 10.1. The Bertz CT molecular complexity index is 574. The molecule has 0 spiro atoms. The summed E-state index contributed by atoms with van der Waals surface area (Å²) in [4.78, 5) is 3.96. The van der Waals surface area contributed by atoms with E-state index in [9.17, 15) is 4.39 Å². The van der Waals surface area contributed by atoms with E-state index >= 15 is 0 Å². The Morgan fingerprint density at radius 1 is 1.14 bits per heavy atom. The molecule has 0 amide bonds. The van der Waals surface area contributed by atoms with Crippen LogP contribution in [0.4, 0.5) is 4.39 Å². The smallest absolute Gasteiger partial charge is 0.128 e. The molecule has 0 saturated carbocycles. The minimum atomic E-state index is -0.222. The zero-order valence-corrected chi connectivity index (χ0v) is 12.4. The zero-order chi connectivity index (χ0) is 15.2. The van der Waals surface area contributed by atoms with Crippen molar-refractivity contribution in [2.45, 2.75) is 26.4 Å². The van der Waals surface area contributed by atoms with Gasteiger partial charge >= 0.3 is 0 Å². The first-order valence-electron chi connectivity index (χ1n) is 7.15. The number of aromatic nitrogens is 1. The highest BCUT2D eigenvalue weighted by Crippen LogP contribution is 2.21. The third-order valence-corrected chi connectivity index (χ3v) is 3.82. The quantitative estimate of drug-likeness (QED) is 0.859. The molecule has 112 valence electrons. The van der Waals surface area contributed by atoms with E-state index in [-0.39, 0.29) is 24.4 Å². The molecule has 2 aromatic rings. The highest BCUT2D eigenvalue weighted by atomic mass is 19.1. The number of hydrogen-bond acceptors (Lipinski definition) is 3. The largest absolute Gasteiger partial charge is 0.396 e. The lowest BCUT2D eigenvalue weighted by atomic mass is 10.0. The van der Waals surface area contributed by atoms with Gasteiger partial charge in [0.15, 0.2) is 0 Å². The maximum absolute atomic E-state index is 14.2. The summed E-state index contributed by atoms with van der Waals surface area (Å²) in [5, 5.41) is 12.3. The van der Waals surface area contributed by atoms with Crippen molar-refractivity contribution in [3.8, 4) is 11.1 Å². The van der Waals surface area contributed by atoms with Gasteiger partial charge in [-0.25, -0.2) is 4.39 Å². The second-order valence-corrected chi connectivity index (χ2v) is 5.37. The topological polar surface area (TPSA) is 45.1 Å². The molecule has 2 unspecified atom stereocenters. The van der Waals surface area contributed by atoms with Gasteiger partial charge in [-0.15, -0.1) is 0 Å². The zero-order valence-electron chi connectivity index (χ0n) is 12.4. The molecule has 21 heavy (non-hydrogen) atoms. The van der Waals surface area contributed by atoms with Crippen LogP contribution in [0, 0.1) is 11.7 Å². The van der Waals surface area contributed by atoms with Crippen LogP contribution in [0.3, 0.4) is 0 Å². The van der Waals surface area contributed by atoms with Gasteiger partial charge in [0.25, 0.3) is 0 Å². The lowest BCUT2D eigenvalue weighted by Crippen LogP contribution is -2.33. The van der Waals surface area contributed by atoms with E-state index in [1.165, 1.54) is 0 Å². The predicted octanol–water partition coefficient (Wildman–Crippen LogP) is 2.99. The fourth-order valence-corrected chi connectivity index (χ4v) is 2.04. The van der Waals surface area contributed by atoms with E-state index in [1.807, 2.05) is 32.0 Å². The molecule has 0 aliphatic heterocycles. The summed E-state index contributed by atoms with van der Waals surface area (Å²) in [6.45, 7) is 4.52. The molecule has 0 radical (unpaired) electrons. The Kier molecular flexibility index (Phi) is 5.42. The lowest BCUT2D eigenvalue weighted by Gasteiger charge is -2.19. The Morgan fingerprint density at radius 2 is 1.86 bits per heavy atom. The number of halogens is 1. The Hall–Kier alpha value is -1.78. The van der Waals surface area contributed by atoms with Crippen molar-refractivity contribution < 1.29 is 9.50 Å². The number of nitrogens with zero attached hydrogens (tertiary/aromatic N) is 1. The number of rotatable bonds is 6. The molecule has 0 aliphatic carbocycles. The first kappa shape index (κ1) is 15.6. The summed E-state index contributed by atoms with van der Waals surface area (Å²) in [5.74, 6) is -0.0789. The molecule has 0 fully saturated rings. The summed E-state index contributed by atoms with van der Waals surface area (Å²) in [5.41, 5.74) is 2.42. The number of nitrogens with one attached hydrogen (secondary N) is 1. The van der Waals surface area contributed by atoms with Crippen LogP contribution in [0.5, 0.6) is 0 Å². The van der Waals surface area contributed by atoms with Crippen LogP contribution in [0.15, 0.2) is 42.7 Å². The minimum absolute atomic E-state index is 0.123. The number of hydrogen-bond donors (Lipinski definition) is 2. The third-order valence-electron chi connectivity index (χ3n) is 3.82. The average molecular weight is 288 g/mol. The molecular formula is C17H21FN2O. The molecule has 0 bridgehead atoms. The Morgan fingerprint density at radius 3 is 2.48 bits per heavy atom. The minimum Gasteiger partial charge on any atom is -0.396 e. The van der Waals surface area contributed by atoms with Crippen molar-refractivity contribution in [2.24, 2.45) is 5.92 Å². The molecule has 1 aromatic carbocycles. The summed E-state index contributed by atoms with van der Waals surface area (Å²) >= 11 is 0. The highest BCUT2D eigenvalue weighted by Gasteiger charge is 2.11. The van der Waals surface area contributed by atoms with E-state index in [2.05, 4.69) is 10.3 Å². The summed E-state index contributed by atoms with van der Waals surface area (Å²) < 4.78 is 14.2. The Balaban J connectivity index is 2.06. The molecule has 2 N–H and O–H groups in total. The Labute approximate surface area is 124 Å². The standard InChI is InChI=1S/C17H21FN2O/c1-12(11-21)13(2)20-10-16-4-3-15(9-17(16)18)14-5-7-19-8-6-14/h3-9,12-13,20-21H,10-11H2,1-2H3. The van der Waals surface area contributed by atoms with Gasteiger partial charge < -0.3 is 10.4 Å². The van der Waals surface area contributed by atoms with Gasteiger partial charge in [-0.3, -0.25) is 4.98 Å². The van der Waals surface area contributed by atoms with Crippen molar-refractivity contribution in [3.63, 3.8) is 0 Å². The van der Waals surface area contributed by atoms with Gasteiger partial charge in [-0.1, -0.05) is 19.1 Å². The normalized spacial score (nSPS) is 13.9. The number of aliphatic hydroxyl groups excluding tert-OH is 1. The maximum Gasteiger partial charge on any atom is 0.128 e. The molecule has 2 atom stereocenters. The first-order valence-corrected chi connectivity index (χ1v) is 7.15. The van der Waals surface area contributed by atoms with Crippen LogP contribution >= 0.6 is 0 Å². The van der Waals surface area contributed by atoms with Crippen molar-refractivity contribution in [1.82, 2.24) is 10.3 Å². The van der Waals surface area contributed by atoms with E-state index in [0.717, 1.165) is 11.1 Å². The van der Waals surface area contributed by atoms with Gasteiger partial charge in [-0.2, -0.15) is 0 Å². The van der Waals surface area contributed by atoms with Crippen LogP contribution in [-0.2, 0) is 6.54 Å². The molecule has 4 heteroatoms. The van der Waals surface area contributed by atoms with Crippen LogP contribution in [0.1, 0.15) is 19.4 Å². The second-order valence-electron chi connectivity index (χ2n) is 5.37. The van der Waals surface area contributed by atoms with Gasteiger partial charge in [0, 0.05) is 37.2 Å². The molecule has 2 rings (SSSR count). The average Bonchev–Trinajstić information content (AvgIpc) is 2.53. The molecule has 0 saturated heterocycles. The molecule has 0 aliphatic rings. The number of pyridine rings is 1. The monoisotopic (exact) mass is 288 g/mol. The van der Waals surface area contributed by atoms with Crippen LogP contribution in [0.25, 0.3) is 11.1 Å². The van der Waals surface area contributed by atoms with Gasteiger partial charge in [-0.05, 0) is 42.2 Å². The molecule has 3 nitrogen and oxygen atoms in total. The van der Waals surface area contributed by atoms with Crippen LogP contribution < -0.4 is 5.32 Å². The molecule has 1 heterocycles. The van der Waals surface area contributed by atoms with Crippen LogP contribution in [-0.4, -0.2) is 22.7 Å². The van der Waals surface area contributed by atoms with E-state index in [0.29, 0.717) is 12.1 Å². The van der Waals surface area contributed by atoms with Crippen molar-refractivity contribution in [1.29, 1.82) is 0 Å².